The fourth-order valence-electron chi connectivity index (χ4n) is 3.86. The van der Waals surface area contributed by atoms with Crippen molar-refractivity contribution in [2.75, 3.05) is 7.11 Å². The molecule has 1 saturated carbocycles. The molecule has 0 saturated heterocycles. The topological polar surface area (TPSA) is 87.9 Å². The van der Waals surface area contributed by atoms with E-state index in [1.54, 1.807) is 24.3 Å². The van der Waals surface area contributed by atoms with E-state index in [4.69, 9.17) is 4.74 Å². The molecule has 0 aliphatic heterocycles. The van der Waals surface area contributed by atoms with Crippen LogP contribution in [0.5, 0.6) is 5.75 Å². The summed E-state index contributed by atoms with van der Waals surface area (Å²) in [5.41, 5.74) is 0.288. The van der Waals surface area contributed by atoms with Crippen LogP contribution < -0.4 is 15.7 Å². The number of nitrogens with zero attached hydrogens (tertiary/aromatic N) is 2. The Morgan fingerprint density at radius 1 is 1.31 bits per heavy atom. The Bertz CT molecular complexity index is 1470. The van der Waals surface area contributed by atoms with Crippen molar-refractivity contribution in [1.29, 1.82) is 5.26 Å². The number of benzene rings is 2. The predicted molar refractivity (Wildman–Crippen MR) is 109 cm³/mol. The highest BCUT2D eigenvalue weighted by Crippen LogP contribution is 2.45. The van der Waals surface area contributed by atoms with Gasteiger partial charge >= 0.3 is 0 Å². The van der Waals surface area contributed by atoms with E-state index in [2.05, 4.69) is 10.4 Å². The first-order chi connectivity index (χ1) is 14.1. The van der Waals surface area contributed by atoms with Crippen molar-refractivity contribution in [2.45, 2.75) is 18.9 Å². The Balaban J connectivity index is 2.04. The number of hydrogen-bond donors (Lipinski definition) is 1. The molecule has 8 heteroatoms. The van der Waals surface area contributed by atoms with E-state index in [0.29, 0.717) is 21.5 Å². The number of hydrogen-bond acceptors (Lipinski definition) is 5. The molecule has 1 aliphatic rings. The van der Waals surface area contributed by atoms with Gasteiger partial charge in [0.05, 0.1) is 35.2 Å². The maximum Gasteiger partial charge on any atom is 0.271 e. The van der Waals surface area contributed by atoms with E-state index in [1.807, 2.05) is 4.57 Å². The van der Waals surface area contributed by atoms with E-state index >= 15 is 4.39 Å². The largest absolute Gasteiger partial charge is 0.494 e. The number of methoxy groups -OCH3 is 1. The zero-order chi connectivity index (χ0) is 20.3. The van der Waals surface area contributed by atoms with Crippen LogP contribution in [0.2, 0.25) is 0 Å². The van der Waals surface area contributed by atoms with Crippen molar-refractivity contribution in [3.63, 3.8) is 0 Å². The van der Waals surface area contributed by atoms with Crippen LogP contribution in [0.1, 0.15) is 24.4 Å². The van der Waals surface area contributed by atoms with Crippen LogP contribution in [0.4, 0.5) is 4.39 Å². The van der Waals surface area contributed by atoms with Gasteiger partial charge in [0.25, 0.3) is 5.56 Å². The highest BCUT2D eigenvalue weighted by Gasteiger charge is 2.32. The standard InChI is InChI=1S/C21H14FN3O3S/c1-28-19-15(12-5-3-2-4-10(12)9-23)14(22)8-13-17(19)25(11-6-7-11)21-16(18(13)26)20(27)24-29-21/h2-5,8,11H,6-7H2,1H3,(H,24,27). The molecule has 2 aromatic carbocycles. The summed E-state index contributed by atoms with van der Waals surface area (Å²) in [4.78, 5) is 25.8. The molecule has 0 atom stereocenters. The van der Waals surface area contributed by atoms with Gasteiger partial charge in [-0.3, -0.25) is 14.0 Å². The Morgan fingerprint density at radius 3 is 2.76 bits per heavy atom. The Kier molecular flexibility index (Phi) is 3.83. The molecular weight excluding hydrogens is 393 g/mol. The lowest BCUT2D eigenvalue weighted by atomic mass is 9.96. The predicted octanol–water partition coefficient (Wildman–Crippen LogP) is 3.93. The number of halogens is 1. The number of pyridine rings is 1. The molecule has 0 amide bonds. The average Bonchev–Trinajstić information content (AvgIpc) is 3.49. The van der Waals surface area contributed by atoms with Gasteiger partial charge in [0.2, 0.25) is 5.43 Å². The van der Waals surface area contributed by atoms with E-state index in [1.165, 1.54) is 7.11 Å². The van der Waals surface area contributed by atoms with Gasteiger partial charge in [-0.2, -0.15) is 5.26 Å². The van der Waals surface area contributed by atoms with Crippen LogP contribution >= 0.6 is 11.5 Å². The summed E-state index contributed by atoms with van der Waals surface area (Å²) in [7, 11) is 1.41. The summed E-state index contributed by atoms with van der Waals surface area (Å²) in [5.74, 6) is -0.489. The summed E-state index contributed by atoms with van der Waals surface area (Å²) < 4.78 is 25.5. The van der Waals surface area contributed by atoms with E-state index < -0.39 is 16.8 Å². The van der Waals surface area contributed by atoms with Crippen LogP contribution in [0, 0.1) is 17.1 Å². The second kappa shape index (κ2) is 6.29. The smallest absolute Gasteiger partial charge is 0.271 e. The van der Waals surface area contributed by atoms with Crippen LogP contribution in [-0.4, -0.2) is 16.1 Å². The molecule has 144 valence electrons. The Labute approximate surface area is 167 Å². The molecule has 2 aromatic heterocycles. The fourth-order valence-corrected chi connectivity index (χ4v) is 4.78. The number of ether oxygens (including phenoxy) is 1. The van der Waals surface area contributed by atoms with Gasteiger partial charge in [0, 0.05) is 11.6 Å². The third-order valence-electron chi connectivity index (χ3n) is 5.25. The highest BCUT2D eigenvalue weighted by atomic mass is 32.1. The Hall–Kier alpha value is -3.44. The van der Waals surface area contributed by atoms with Crippen LogP contribution in [0.25, 0.3) is 32.2 Å². The van der Waals surface area contributed by atoms with Gasteiger partial charge in [0.15, 0.2) is 5.75 Å². The number of H-pyrrole nitrogens is 1. The summed E-state index contributed by atoms with van der Waals surface area (Å²) in [5, 5.41) is 9.62. The normalized spacial score (nSPS) is 13.7. The number of aromatic amines is 1. The molecule has 5 rings (SSSR count). The molecule has 1 aliphatic carbocycles. The van der Waals surface area contributed by atoms with Crippen LogP contribution in [-0.2, 0) is 0 Å². The third kappa shape index (κ3) is 2.44. The van der Waals surface area contributed by atoms with E-state index in [9.17, 15) is 14.9 Å². The Morgan fingerprint density at radius 2 is 2.07 bits per heavy atom. The van der Waals surface area contributed by atoms with Crippen molar-refractivity contribution >= 4 is 32.7 Å². The number of aromatic nitrogens is 2. The molecule has 0 bridgehead atoms. The molecule has 2 heterocycles. The lowest BCUT2D eigenvalue weighted by Gasteiger charge is -2.18. The SMILES string of the molecule is COc1c(-c2ccccc2C#N)c(F)cc2c(=O)c3c(=O)[nH]sc3n(C3CC3)c12. The number of nitriles is 1. The second-order valence-corrected chi connectivity index (χ2v) is 7.76. The molecule has 4 aromatic rings. The first-order valence-corrected chi connectivity index (χ1v) is 9.83. The molecule has 29 heavy (non-hydrogen) atoms. The molecule has 0 unspecified atom stereocenters. The second-order valence-electron chi connectivity index (χ2n) is 6.96. The summed E-state index contributed by atoms with van der Waals surface area (Å²) in [6, 6.07) is 10.0. The van der Waals surface area contributed by atoms with Gasteiger partial charge in [-0.1, -0.05) is 18.2 Å². The van der Waals surface area contributed by atoms with Crippen molar-refractivity contribution in [3.8, 4) is 22.9 Å². The minimum Gasteiger partial charge on any atom is -0.494 e. The zero-order valence-corrected chi connectivity index (χ0v) is 16.1. The van der Waals surface area contributed by atoms with Crippen molar-refractivity contribution in [2.24, 2.45) is 0 Å². The molecule has 0 spiro atoms. The first-order valence-electron chi connectivity index (χ1n) is 9.02. The number of fused-ring (bicyclic) bond motifs is 2. The summed E-state index contributed by atoms with van der Waals surface area (Å²) in [6.45, 7) is 0. The van der Waals surface area contributed by atoms with Gasteiger partial charge < -0.3 is 9.30 Å². The van der Waals surface area contributed by atoms with E-state index in [0.717, 1.165) is 30.4 Å². The van der Waals surface area contributed by atoms with Crippen LogP contribution in [0.15, 0.2) is 39.9 Å². The molecule has 6 nitrogen and oxygen atoms in total. The van der Waals surface area contributed by atoms with Gasteiger partial charge in [-0.15, -0.1) is 0 Å². The van der Waals surface area contributed by atoms with Gasteiger partial charge in [-0.25, -0.2) is 4.39 Å². The summed E-state index contributed by atoms with van der Waals surface area (Å²) in [6.07, 6.45) is 1.79. The van der Waals surface area contributed by atoms with Gasteiger partial charge in [0.1, 0.15) is 16.0 Å². The fraction of sp³-hybridized carbons (Fsp3) is 0.190. The quantitative estimate of drug-likeness (QED) is 0.557. The number of nitrogens with one attached hydrogen (secondary N) is 1. The average molecular weight is 407 g/mol. The zero-order valence-electron chi connectivity index (χ0n) is 15.3. The lowest BCUT2D eigenvalue weighted by Crippen LogP contribution is -2.16. The molecule has 1 N–H and O–H groups in total. The van der Waals surface area contributed by atoms with Gasteiger partial charge in [-0.05, 0) is 36.5 Å². The molecular formula is C21H14FN3O3S. The maximum atomic E-state index is 15.3. The highest BCUT2D eigenvalue weighted by molar-refractivity contribution is 7.12. The third-order valence-corrected chi connectivity index (χ3v) is 6.13. The maximum absolute atomic E-state index is 15.3. The monoisotopic (exact) mass is 407 g/mol. The molecule has 1 fully saturated rings. The van der Waals surface area contributed by atoms with Crippen molar-refractivity contribution < 1.29 is 9.13 Å². The minimum atomic E-state index is -0.678. The van der Waals surface area contributed by atoms with Crippen molar-refractivity contribution in [3.05, 3.63) is 62.3 Å². The van der Waals surface area contributed by atoms with Crippen molar-refractivity contribution in [1.82, 2.24) is 8.94 Å². The van der Waals surface area contributed by atoms with Crippen LogP contribution in [0.3, 0.4) is 0 Å². The molecule has 0 radical (unpaired) electrons. The minimum absolute atomic E-state index is 0.0426. The van der Waals surface area contributed by atoms with E-state index in [-0.39, 0.29) is 28.1 Å². The number of rotatable bonds is 3. The lowest BCUT2D eigenvalue weighted by molar-refractivity contribution is 0.416. The first kappa shape index (κ1) is 17.6. The summed E-state index contributed by atoms with van der Waals surface area (Å²) >= 11 is 1.09.